The maximum absolute atomic E-state index is 13.0. The summed E-state index contributed by atoms with van der Waals surface area (Å²) in [6.07, 6.45) is 3.78. The molecule has 0 saturated carbocycles. The predicted molar refractivity (Wildman–Crippen MR) is 113 cm³/mol. The molecule has 0 aromatic heterocycles. The number of piperazine rings is 1. The highest BCUT2D eigenvalue weighted by atomic mass is 16.2. The lowest BCUT2D eigenvalue weighted by Crippen LogP contribution is -2.55. The van der Waals surface area contributed by atoms with Crippen molar-refractivity contribution in [1.29, 1.82) is 0 Å². The van der Waals surface area contributed by atoms with Crippen LogP contribution in [0.4, 0.5) is 5.69 Å². The number of hydrogen-bond acceptors (Lipinski definition) is 4. The van der Waals surface area contributed by atoms with Gasteiger partial charge in [-0.3, -0.25) is 19.4 Å². The molecule has 2 aliphatic heterocycles. The minimum absolute atomic E-state index is 0.0683. The molecule has 2 atom stereocenters. The summed E-state index contributed by atoms with van der Waals surface area (Å²) < 4.78 is 0. The lowest BCUT2D eigenvalue weighted by atomic mass is 9.87. The summed E-state index contributed by atoms with van der Waals surface area (Å²) in [7, 11) is 0. The molecule has 2 aromatic carbocycles. The summed E-state index contributed by atoms with van der Waals surface area (Å²) in [4.78, 5) is 31.7. The van der Waals surface area contributed by atoms with Crippen LogP contribution >= 0.6 is 0 Å². The fraction of sp³-hybridized carbons (Fsp3) is 0.417. The van der Waals surface area contributed by atoms with E-state index in [-0.39, 0.29) is 17.9 Å². The molecule has 29 heavy (non-hydrogen) atoms. The van der Waals surface area contributed by atoms with E-state index in [1.54, 1.807) is 0 Å². The topological polar surface area (TPSA) is 43.9 Å². The Bertz CT molecular complexity index is 905. The zero-order chi connectivity index (χ0) is 19.8. The molecule has 2 aromatic rings. The van der Waals surface area contributed by atoms with Crippen LogP contribution in [0.1, 0.15) is 24.0 Å². The fourth-order valence-electron chi connectivity index (χ4n) is 5.15. The number of imide groups is 1. The van der Waals surface area contributed by atoms with Gasteiger partial charge in [0.2, 0.25) is 5.91 Å². The summed E-state index contributed by atoms with van der Waals surface area (Å²) in [5, 5.41) is 0. The van der Waals surface area contributed by atoms with Gasteiger partial charge in [0.25, 0.3) is 5.91 Å². The summed E-state index contributed by atoms with van der Waals surface area (Å²) in [6, 6.07) is 18.4. The van der Waals surface area contributed by atoms with Gasteiger partial charge in [-0.1, -0.05) is 42.5 Å². The van der Waals surface area contributed by atoms with Crippen LogP contribution in [0.15, 0.2) is 54.6 Å². The Kier molecular flexibility index (Phi) is 4.94. The number of aryl methyl sites for hydroxylation is 1. The van der Waals surface area contributed by atoms with Crippen molar-refractivity contribution in [2.24, 2.45) is 0 Å². The average Bonchev–Trinajstić information content (AvgIpc) is 3.08. The molecule has 150 valence electrons. The largest absolute Gasteiger partial charge is 0.298 e. The first-order valence-electron chi connectivity index (χ1n) is 10.7. The standard InChI is InChI=1S/C24H27N3O2/c28-23-17-22(24(29)27(23)20-8-2-1-3-9-20)26-14-12-25(13-15-26)21-11-10-18-6-4-5-7-19(18)16-21/h1-9,21-22H,10-17H2/t21-,22+/m1/s1. The Balaban J connectivity index is 1.21. The zero-order valence-electron chi connectivity index (χ0n) is 16.7. The number of carbonyl (C=O) groups is 2. The maximum Gasteiger partial charge on any atom is 0.251 e. The van der Waals surface area contributed by atoms with Crippen molar-refractivity contribution >= 4 is 17.5 Å². The summed E-state index contributed by atoms with van der Waals surface area (Å²) in [6.45, 7) is 3.64. The zero-order valence-corrected chi connectivity index (χ0v) is 16.7. The van der Waals surface area contributed by atoms with Crippen molar-refractivity contribution in [2.75, 3.05) is 31.1 Å². The van der Waals surface area contributed by atoms with Crippen LogP contribution in [0.5, 0.6) is 0 Å². The molecule has 2 saturated heterocycles. The van der Waals surface area contributed by atoms with Crippen molar-refractivity contribution in [3.05, 3.63) is 65.7 Å². The number of para-hydroxylation sites is 1. The highest BCUT2D eigenvalue weighted by molar-refractivity contribution is 6.22. The molecule has 3 aliphatic rings. The van der Waals surface area contributed by atoms with Gasteiger partial charge in [-0.25, -0.2) is 4.90 Å². The van der Waals surface area contributed by atoms with Crippen molar-refractivity contribution in [3.63, 3.8) is 0 Å². The smallest absolute Gasteiger partial charge is 0.251 e. The van der Waals surface area contributed by atoms with Crippen molar-refractivity contribution in [1.82, 2.24) is 9.80 Å². The van der Waals surface area contributed by atoms with Crippen molar-refractivity contribution in [2.45, 2.75) is 37.8 Å². The van der Waals surface area contributed by atoms with E-state index in [1.165, 1.54) is 22.4 Å². The lowest BCUT2D eigenvalue weighted by molar-refractivity contribution is -0.123. The minimum Gasteiger partial charge on any atom is -0.298 e. The van der Waals surface area contributed by atoms with E-state index in [1.807, 2.05) is 30.3 Å². The second-order valence-corrected chi connectivity index (χ2v) is 8.36. The van der Waals surface area contributed by atoms with Crippen LogP contribution < -0.4 is 4.90 Å². The highest BCUT2D eigenvalue weighted by Gasteiger charge is 2.43. The Labute approximate surface area is 171 Å². The van der Waals surface area contributed by atoms with Crippen LogP contribution in [0, 0.1) is 0 Å². The second kappa shape index (κ2) is 7.73. The SMILES string of the molecule is O=C1C[C@H](N2CCN([C@@H]3CCc4ccccc4C3)CC2)C(=O)N1c1ccccc1. The Morgan fingerprint density at radius 2 is 1.38 bits per heavy atom. The molecule has 5 rings (SSSR count). The fourth-order valence-corrected chi connectivity index (χ4v) is 5.15. The third kappa shape index (κ3) is 3.49. The number of nitrogens with zero attached hydrogens (tertiary/aromatic N) is 3. The first kappa shape index (κ1) is 18.5. The maximum atomic E-state index is 13.0. The summed E-state index contributed by atoms with van der Waals surface area (Å²) >= 11 is 0. The molecule has 0 N–H and O–H groups in total. The molecular formula is C24H27N3O2. The van der Waals surface area contributed by atoms with Crippen LogP contribution in [0.2, 0.25) is 0 Å². The summed E-state index contributed by atoms with van der Waals surface area (Å²) in [5.74, 6) is -0.154. The molecule has 5 nitrogen and oxygen atoms in total. The van der Waals surface area contributed by atoms with Gasteiger partial charge in [0, 0.05) is 32.2 Å². The number of benzene rings is 2. The van der Waals surface area contributed by atoms with Gasteiger partial charge in [0.15, 0.2) is 0 Å². The third-order valence-corrected chi connectivity index (χ3v) is 6.76. The van der Waals surface area contributed by atoms with Crippen LogP contribution in [-0.4, -0.2) is 59.9 Å². The predicted octanol–water partition coefficient (Wildman–Crippen LogP) is 2.49. The summed E-state index contributed by atoms with van der Waals surface area (Å²) in [5.41, 5.74) is 3.67. The van der Waals surface area contributed by atoms with Crippen LogP contribution in [-0.2, 0) is 22.4 Å². The third-order valence-electron chi connectivity index (χ3n) is 6.76. The van der Waals surface area contributed by atoms with Crippen LogP contribution in [0.3, 0.4) is 0 Å². The van der Waals surface area contributed by atoms with Gasteiger partial charge >= 0.3 is 0 Å². The Hall–Kier alpha value is -2.50. The quantitative estimate of drug-likeness (QED) is 0.757. The van der Waals surface area contributed by atoms with Crippen molar-refractivity contribution < 1.29 is 9.59 Å². The number of rotatable bonds is 3. The lowest BCUT2D eigenvalue weighted by Gasteiger charge is -2.42. The van der Waals surface area contributed by atoms with Gasteiger partial charge in [-0.05, 0) is 42.5 Å². The molecule has 0 unspecified atom stereocenters. The van der Waals surface area contributed by atoms with Gasteiger partial charge in [-0.15, -0.1) is 0 Å². The monoisotopic (exact) mass is 389 g/mol. The normalized spacial score (nSPS) is 26.0. The van der Waals surface area contributed by atoms with Gasteiger partial charge in [-0.2, -0.15) is 0 Å². The molecular weight excluding hydrogens is 362 g/mol. The van der Waals surface area contributed by atoms with Gasteiger partial charge in [0.1, 0.15) is 0 Å². The first-order valence-corrected chi connectivity index (χ1v) is 10.7. The van der Waals surface area contributed by atoms with E-state index in [2.05, 4.69) is 34.1 Å². The van der Waals surface area contributed by atoms with Crippen molar-refractivity contribution in [3.8, 4) is 0 Å². The Morgan fingerprint density at radius 1 is 0.724 bits per heavy atom. The van der Waals surface area contributed by atoms with Gasteiger partial charge < -0.3 is 0 Å². The number of amides is 2. The van der Waals surface area contributed by atoms with E-state index in [0.29, 0.717) is 18.2 Å². The molecule has 2 heterocycles. The Morgan fingerprint density at radius 3 is 2.14 bits per heavy atom. The van der Waals surface area contributed by atoms with E-state index in [9.17, 15) is 9.59 Å². The minimum atomic E-state index is -0.308. The number of fused-ring (bicyclic) bond motifs is 1. The first-order chi connectivity index (χ1) is 14.2. The molecule has 0 bridgehead atoms. The molecule has 1 aliphatic carbocycles. The molecule has 2 amide bonds. The number of carbonyl (C=O) groups excluding carboxylic acids is 2. The average molecular weight is 389 g/mol. The second-order valence-electron chi connectivity index (χ2n) is 8.36. The highest BCUT2D eigenvalue weighted by Crippen LogP contribution is 2.28. The van der Waals surface area contributed by atoms with E-state index < -0.39 is 0 Å². The number of hydrogen-bond donors (Lipinski definition) is 0. The van der Waals surface area contributed by atoms with E-state index >= 15 is 0 Å². The van der Waals surface area contributed by atoms with E-state index in [0.717, 1.165) is 39.0 Å². The molecule has 2 fully saturated rings. The number of anilines is 1. The van der Waals surface area contributed by atoms with Crippen LogP contribution in [0.25, 0.3) is 0 Å². The molecule has 0 radical (unpaired) electrons. The van der Waals surface area contributed by atoms with E-state index in [4.69, 9.17) is 0 Å². The molecule has 5 heteroatoms. The molecule has 0 spiro atoms. The van der Waals surface area contributed by atoms with Gasteiger partial charge in [0.05, 0.1) is 18.2 Å².